The van der Waals surface area contributed by atoms with Gasteiger partial charge in [-0.15, -0.1) is 0 Å². The maximum atomic E-state index is 13.1. The number of rotatable bonds is 6. The lowest BCUT2D eigenvalue weighted by Gasteiger charge is -2.10. The fourth-order valence-corrected chi connectivity index (χ4v) is 4.46. The zero-order valence-electron chi connectivity index (χ0n) is 23.4. The Balaban J connectivity index is 1.41. The summed E-state index contributed by atoms with van der Waals surface area (Å²) in [6, 6.07) is 6.71. The molecule has 0 N–H and O–H groups in total. The van der Waals surface area contributed by atoms with Crippen LogP contribution in [0.25, 0.3) is 33.8 Å². The predicted molar refractivity (Wildman–Crippen MR) is 132 cm³/mol. The quantitative estimate of drug-likeness (QED) is 0.318. The second-order valence-corrected chi connectivity index (χ2v) is 9.14. The summed E-state index contributed by atoms with van der Waals surface area (Å²) in [5.41, 5.74) is 2.52. The minimum atomic E-state index is -4.55. The van der Waals surface area contributed by atoms with Crippen LogP contribution in [0.2, 0.25) is 0 Å². The summed E-state index contributed by atoms with van der Waals surface area (Å²) in [6.45, 7) is -2.59. The molecule has 6 rings (SSSR count). The van der Waals surface area contributed by atoms with E-state index in [2.05, 4.69) is 25.0 Å². The number of nitrogens with zero attached hydrogens (tertiary/aromatic N) is 8. The number of alkyl halides is 3. The van der Waals surface area contributed by atoms with Crippen molar-refractivity contribution in [1.82, 2.24) is 39.3 Å². The Kier molecular flexibility index (Phi) is 4.84. The minimum Gasteiger partial charge on any atom is -0.480 e. The van der Waals surface area contributed by atoms with Crippen molar-refractivity contribution >= 4 is 11.0 Å². The molecule has 0 unspecified atom stereocenters. The van der Waals surface area contributed by atoms with E-state index in [1.54, 1.807) is 24.3 Å². The van der Waals surface area contributed by atoms with E-state index >= 15 is 0 Å². The van der Waals surface area contributed by atoms with Gasteiger partial charge < -0.3 is 9.30 Å². The second-order valence-electron chi connectivity index (χ2n) is 9.14. The van der Waals surface area contributed by atoms with E-state index < -0.39 is 18.8 Å². The molecule has 0 saturated heterocycles. The van der Waals surface area contributed by atoms with E-state index in [1.807, 2.05) is 0 Å². The predicted octanol–water partition coefficient (Wildman–Crippen LogP) is 4.72. The molecule has 1 saturated carbocycles. The number of aromatic nitrogens is 8. The van der Waals surface area contributed by atoms with Gasteiger partial charge in [-0.2, -0.15) is 18.3 Å². The molecule has 38 heavy (non-hydrogen) atoms. The van der Waals surface area contributed by atoms with E-state index in [-0.39, 0.29) is 18.2 Å². The largest absolute Gasteiger partial charge is 0.480 e. The highest BCUT2D eigenvalue weighted by Gasteiger charge is 2.34. The Morgan fingerprint density at radius 1 is 1.11 bits per heavy atom. The van der Waals surface area contributed by atoms with Crippen LogP contribution in [0.4, 0.5) is 13.2 Å². The molecule has 1 aromatic carbocycles. The third kappa shape index (κ3) is 4.25. The molecule has 5 aromatic rings. The molecule has 194 valence electrons. The molecule has 1 aliphatic carbocycles. The SMILES string of the molecule is [2H]C([2H])([2H])n1nc2cnc(-c3c(OC)ncnc3C3CC3)nc2c1Cc1ccc(-c2nc(C(F)(F)F)cn2C)cc1. The summed E-state index contributed by atoms with van der Waals surface area (Å²) >= 11 is 0. The first-order chi connectivity index (χ1) is 19.4. The highest BCUT2D eigenvalue weighted by Crippen LogP contribution is 2.45. The topological polar surface area (TPSA) is 96.4 Å². The molecule has 1 fully saturated rings. The maximum Gasteiger partial charge on any atom is 0.434 e. The van der Waals surface area contributed by atoms with Gasteiger partial charge in [0, 0.05) is 42.2 Å². The molecule has 0 amide bonds. The van der Waals surface area contributed by atoms with E-state index in [1.165, 1.54) is 31.2 Å². The number of halogens is 3. The Hall–Kier alpha value is -4.35. The van der Waals surface area contributed by atoms with E-state index in [4.69, 9.17) is 13.8 Å². The normalized spacial score (nSPS) is 15.3. The van der Waals surface area contributed by atoms with Crippen LogP contribution in [0.1, 0.15) is 45.5 Å². The summed E-state index contributed by atoms with van der Waals surface area (Å²) in [5, 5.41) is 4.28. The van der Waals surface area contributed by atoms with Crippen LogP contribution in [-0.4, -0.2) is 46.4 Å². The van der Waals surface area contributed by atoms with E-state index in [9.17, 15) is 13.2 Å². The smallest absolute Gasteiger partial charge is 0.434 e. The lowest BCUT2D eigenvalue weighted by Crippen LogP contribution is -2.04. The molecular formula is C26H23F3N8O. The maximum absolute atomic E-state index is 13.1. The van der Waals surface area contributed by atoms with Crippen molar-refractivity contribution in [2.75, 3.05) is 7.11 Å². The number of hydrogen-bond donors (Lipinski definition) is 0. The first-order valence-corrected chi connectivity index (χ1v) is 11.8. The summed E-state index contributed by atoms with van der Waals surface area (Å²) in [5.74, 6) is 1.03. The number of aryl methyl sites for hydroxylation is 2. The van der Waals surface area contributed by atoms with Gasteiger partial charge in [-0.25, -0.2) is 24.9 Å². The summed E-state index contributed by atoms with van der Waals surface area (Å²) in [4.78, 5) is 21.6. The molecule has 0 radical (unpaired) electrons. The van der Waals surface area contributed by atoms with Crippen molar-refractivity contribution in [1.29, 1.82) is 0 Å². The average molecular weight is 524 g/mol. The highest BCUT2D eigenvalue weighted by atomic mass is 19.4. The van der Waals surface area contributed by atoms with Gasteiger partial charge in [0.1, 0.15) is 28.7 Å². The van der Waals surface area contributed by atoms with Crippen LogP contribution in [0.15, 0.2) is 43.0 Å². The Labute approximate surface area is 219 Å². The third-order valence-electron chi connectivity index (χ3n) is 6.48. The molecule has 0 aliphatic heterocycles. The second kappa shape index (κ2) is 8.89. The zero-order valence-corrected chi connectivity index (χ0v) is 20.4. The number of methoxy groups -OCH3 is 1. The van der Waals surface area contributed by atoms with Gasteiger partial charge in [-0.3, -0.25) is 4.68 Å². The first kappa shape index (κ1) is 20.7. The van der Waals surface area contributed by atoms with Crippen molar-refractivity contribution in [3.8, 4) is 28.7 Å². The van der Waals surface area contributed by atoms with Crippen LogP contribution in [0.3, 0.4) is 0 Å². The van der Waals surface area contributed by atoms with Gasteiger partial charge in [-0.1, -0.05) is 24.3 Å². The third-order valence-corrected chi connectivity index (χ3v) is 6.48. The van der Waals surface area contributed by atoms with Crippen molar-refractivity contribution in [3.05, 3.63) is 65.6 Å². The molecule has 12 heteroatoms. The van der Waals surface area contributed by atoms with Gasteiger partial charge in [0.25, 0.3) is 0 Å². The van der Waals surface area contributed by atoms with Crippen LogP contribution in [0.5, 0.6) is 5.88 Å². The van der Waals surface area contributed by atoms with Gasteiger partial charge in [-0.05, 0) is 18.4 Å². The van der Waals surface area contributed by atoms with Crippen LogP contribution in [-0.2, 0) is 26.6 Å². The highest BCUT2D eigenvalue weighted by molar-refractivity contribution is 5.80. The average Bonchev–Trinajstić information content (AvgIpc) is 3.60. The molecule has 4 aromatic heterocycles. The lowest BCUT2D eigenvalue weighted by atomic mass is 10.1. The van der Waals surface area contributed by atoms with Crippen LogP contribution < -0.4 is 4.74 Å². The monoisotopic (exact) mass is 523 g/mol. The van der Waals surface area contributed by atoms with Gasteiger partial charge in [0.05, 0.1) is 24.7 Å². The molecule has 0 spiro atoms. The van der Waals surface area contributed by atoms with Gasteiger partial charge >= 0.3 is 6.18 Å². The molecule has 1 aliphatic rings. The molecule has 0 atom stereocenters. The van der Waals surface area contributed by atoms with Crippen LogP contribution >= 0.6 is 0 Å². The molecule has 9 nitrogen and oxygen atoms in total. The number of imidazole rings is 1. The number of hydrogen-bond acceptors (Lipinski definition) is 7. The van der Waals surface area contributed by atoms with Crippen molar-refractivity contribution in [2.24, 2.45) is 14.0 Å². The first-order valence-electron chi connectivity index (χ1n) is 13.3. The Morgan fingerprint density at radius 2 is 1.89 bits per heavy atom. The number of fused-ring (bicyclic) bond motifs is 1. The number of benzene rings is 1. The molecular weight excluding hydrogens is 497 g/mol. The minimum absolute atomic E-state index is 0.137. The van der Waals surface area contributed by atoms with E-state index in [0.717, 1.165) is 29.4 Å². The summed E-state index contributed by atoms with van der Waals surface area (Å²) in [7, 11) is 2.99. The van der Waals surface area contributed by atoms with Crippen molar-refractivity contribution < 1.29 is 22.0 Å². The van der Waals surface area contributed by atoms with Crippen molar-refractivity contribution in [2.45, 2.75) is 31.4 Å². The molecule has 4 heterocycles. The number of ether oxygens (including phenoxy) is 1. The van der Waals surface area contributed by atoms with Gasteiger partial charge in [0.2, 0.25) is 5.88 Å². The summed E-state index contributed by atoms with van der Waals surface area (Å²) < 4.78 is 71.3. The zero-order chi connectivity index (χ0) is 29.1. The fourth-order valence-electron chi connectivity index (χ4n) is 4.46. The van der Waals surface area contributed by atoms with Crippen LogP contribution in [0, 0.1) is 0 Å². The Bertz CT molecular complexity index is 1760. The lowest BCUT2D eigenvalue weighted by molar-refractivity contribution is -0.140. The van der Waals surface area contributed by atoms with Gasteiger partial charge in [0.15, 0.2) is 11.5 Å². The Morgan fingerprint density at radius 3 is 2.55 bits per heavy atom. The van der Waals surface area contributed by atoms with E-state index in [0.29, 0.717) is 45.1 Å². The van der Waals surface area contributed by atoms with Crippen molar-refractivity contribution in [3.63, 3.8) is 0 Å². The standard InChI is InChI=1S/C26H23F3N8O/c1-36-12-19(26(27,28)29)33-24(36)16-6-4-14(5-7-16)10-18-22-17(35-37(18)2)11-30-23(34-22)20-21(15-8-9-15)31-13-32-25(20)38-3/h4-7,11-13,15H,8-10H2,1-3H3/i2D3. The fraction of sp³-hybridized carbons (Fsp3) is 0.308. The molecule has 0 bridgehead atoms. The summed E-state index contributed by atoms with van der Waals surface area (Å²) in [6.07, 6.45) is 1.37.